The van der Waals surface area contributed by atoms with Gasteiger partial charge in [-0.1, -0.05) is 23.7 Å². The normalized spacial score (nSPS) is 10.7. The van der Waals surface area contributed by atoms with E-state index in [1.54, 1.807) is 24.5 Å². The number of H-pyrrole nitrogens is 1. The van der Waals surface area contributed by atoms with Crippen LogP contribution in [0.4, 0.5) is 0 Å². The number of halogens is 1. The first-order valence-electron chi connectivity index (χ1n) is 9.02. The van der Waals surface area contributed by atoms with Crippen molar-refractivity contribution in [1.82, 2.24) is 25.5 Å². The van der Waals surface area contributed by atoms with Crippen LogP contribution >= 0.6 is 22.9 Å². The highest BCUT2D eigenvalue weighted by Gasteiger charge is 2.17. The second-order valence-electron chi connectivity index (χ2n) is 6.48. The van der Waals surface area contributed by atoms with Gasteiger partial charge >= 0.3 is 0 Å². The molecule has 0 spiro atoms. The molecule has 0 aliphatic heterocycles. The molecule has 30 heavy (non-hydrogen) atoms. The van der Waals surface area contributed by atoms with Gasteiger partial charge in [-0.2, -0.15) is 5.10 Å². The maximum absolute atomic E-state index is 12.6. The molecule has 1 amide bonds. The summed E-state index contributed by atoms with van der Waals surface area (Å²) < 4.78 is 0. The lowest BCUT2D eigenvalue weighted by Crippen LogP contribution is -2.29. The summed E-state index contributed by atoms with van der Waals surface area (Å²) in [5.74, 6) is -0.482. The fraction of sp³-hybridized carbons (Fsp3) is 0.0952. The van der Waals surface area contributed by atoms with Crippen LogP contribution < -0.4 is 10.9 Å². The van der Waals surface area contributed by atoms with E-state index in [-0.39, 0.29) is 12.1 Å². The second kappa shape index (κ2) is 8.56. The Bertz CT molecular complexity index is 1250. The van der Waals surface area contributed by atoms with E-state index in [0.29, 0.717) is 10.7 Å². The van der Waals surface area contributed by atoms with Gasteiger partial charge in [0.2, 0.25) is 0 Å². The zero-order valence-corrected chi connectivity index (χ0v) is 17.4. The number of carbonyl (C=O) groups excluding carboxylic acids is 1. The van der Waals surface area contributed by atoms with Gasteiger partial charge in [0.1, 0.15) is 16.3 Å². The highest BCUT2D eigenvalue weighted by Crippen LogP contribution is 2.33. The fourth-order valence-electron chi connectivity index (χ4n) is 2.82. The number of pyridine rings is 1. The molecule has 0 saturated carbocycles. The van der Waals surface area contributed by atoms with Crippen LogP contribution in [-0.2, 0) is 6.54 Å². The zero-order valence-electron chi connectivity index (χ0n) is 15.8. The topological polar surface area (TPSA) is 101 Å². The summed E-state index contributed by atoms with van der Waals surface area (Å²) in [6.45, 7) is 2.14. The molecular weight excluding hydrogens is 422 g/mol. The van der Waals surface area contributed by atoms with Gasteiger partial charge in [-0.3, -0.25) is 14.6 Å². The van der Waals surface area contributed by atoms with Crippen molar-refractivity contribution in [2.24, 2.45) is 0 Å². The largest absolute Gasteiger partial charge is 0.348 e. The van der Waals surface area contributed by atoms with E-state index in [0.717, 1.165) is 26.7 Å². The molecular formula is C21H16ClN5O2S. The second-order valence-corrected chi connectivity index (χ2v) is 7.92. The lowest BCUT2D eigenvalue weighted by molar-refractivity contribution is 0.0949. The van der Waals surface area contributed by atoms with Crippen LogP contribution in [0.1, 0.15) is 21.6 Å². The molecule has 9 heteroatoms. The molecule has 4 aromatic rings. The van der Waals surface area contributed by atoms with E-state index in [9.17, 15) is 9.59 Å². The third kappa shape index (κ3) is 4.29. The Morgan fingerprint density at radius 3 is 2.77 bits per heavy atom. The summed E-state index contributed by atoms with van der Waals surface area (Å²) in [6.07, 6.45) is 3.43. The molecule has 2 N–H and O–H groups in total. The highest BCUT2D eigenvalue weighted by molar-refractivity contribution is 7.18. The van der Waals surface area contributed by atoms with Crippen molar-refractivity contribution < 1.29 is 4.79 Å². The first-order chi connectivity index (χ1) is 14.5. The fourth-order valence-corrected chi connectivity index (χ4v) is 3.96. The third-order valence-corrected chi connectivity index (χ3v) is 5.83. The number of rotatable bonds is 5. The SMILES string of the molecule is Cc1nc(-c2cccnc2)sc1-c1cc(C(=O)NCc2ccc(Cl)cc2)c(=O)[nH]n1. The molecule has 1 aromatic carbocycles. The molecule has 0 bridgehead atoms. The molecule has 0 aliphatic rings. The number of hydrogen-bond donors (Lipinski definition) is 2. The summed E-state index contributed by atoms with van der Waals surface area (Å²) in [5, 5.41) is 10.7. The maximum Gasteiger partial charge on any atom is 0.277 e. The zero-order chi connectivity index (χ0) is 21.1. The van der Waals surface area contributed by atoms with Crippen molar-refractivity contribution in [1.29, 1.82) is 0 Å². The molecule has 3 heterocycles. The summed E-state index contributed by atoms with van der Waals surface area (Å²) in [6, 6.07) is 12.4. The number of carbonyl (C=O) groups is 1. The predicted molar refractivity (Wildman–Crippen MR) is 117 cm³/mol. The third-order valence-electron chi connectivity index (χ3n) is 4.35. The molecule has 7 nitrogen and oxygen atoms in total. The van der Waals surface area contributed by atoms with Crippen LogP contribution in [0.25, 0.3) is 21.1 Å². The molecule has 150 valence electrons. The molecule has 0 atom stereocenters. The molecule has 0 fully saturated rings. The van der Waals surface area contributed by atoms with Gasteiger partial charge in [0.15, 0.2) is 0 Å². The summed E-state index contributed by atoms with van der Waals surface area (Å²) in [7, 11) is 0. The monoisotopic (exact) mass is 437 g/mol. The first kappa shape index (κ1) is 19.9. The lowest BCUT2D eigenvalue weighted by atomic mass is 10.2. The number of aryl methyl sites for hydroxylation is 1. The first-order valence-corrected chi connectivity index (χ1v) is 10.2. The van der Waals surface area contributed by atoms with Gasteiger partial charge in [-0.25, -0.2) is 10.1 Å². The van der Waals surface area contributed by atoms with Crippen molar-refractivity contribution in [2.45, 2.75) is 13.5 Å². The molecule has 0 unspecified atom stereocenters. The number of thiazole rings is 1. The van der Waals surface area contributed by atoms with Crippen LogP contribution in [0.3, 0.4) is 0 Å². The van der Waals surface area contributed by atoms with Gasteiger partial charge < -0.3 is 5.32 Å². The van der Waals surface area contributed by atoms with Crippen LogP contribution in [0, 0.1) is 6.92 Å². The Morgan fingerprint density at radius 2 is 2.03 bits per heavy atom. The number of nitrogens with one attached hydrogen (secondary N) is 2. The Hall–Kier alpha value is -3.36. The summed E-state index contributed by atoms with van der Waals surface area (Å²) in [4.78, 5) is 34.3. The average Bonchev–Trinajstić information content (AvgIpc) is 3.16. The Labute approximate surface area is 180 Å². The number of benzene rings is 1. The van der Waals surface area contributed by atoms with Gasteiger partial charge in [0, 0.05) is 29.5 Å². The minimum atomic E-state index is -0.554. The van der Waals surface area contributed by atoms with Crippen LogP contribution in [0.15, 0.2) is 59.7 Å². The predicted octanol–water partition coefficient (Wildman–Crippen LogP) is 3.85. The van der Waals surface area contributed by atoms with Gasteiger partial charge in [-0.05, 0) is 42.8 Å². The quantitative estimate of drug-likeness (QED) is 0.494. The van der Waals surface area contributed by atoms with Gasteiger partial charge in [0.25, 0.3) is 11.5 Å². The van der Waals surface area contributed by atoms with Crippen molar-refractivity contribution in [3.63, 3.8) is 0 Å². The minimum Gasteiger partial charge on any atom is -0.348 e. The standard InChI is InChI=1S/C21H16ClN5O2S/c1-12-18(30-21(25-12)14-3-2-8-23-11-14)17-9-16(20(29)27-26-17)19(28)24-10-13-4-6-15(22)7-5-13/h2-9,11H,10H2,1H3,(H,24,28)(H,27,29). The van der Waals surface area contributed by atoms with Crippen molar-refractivity contribution in [3.05, 3.63) is 87.1 Å². The summed E-state index contributed by atoms with van der Waals surface area (Å²) >= 11 is 7.30. The smallest absolute Gasteiger partial charge is 0.277 e. The average molecular weight is 438 g/mol. The van der Waals surface area contributed by atoms with Gasteiger partial charge in [-0.15, -0.1) is 11.3 Å². The number of amides is 1. The van der Waals surface area contributed by atoms with Crippen LogP contribution in [0.5, 0.6) is 0 Å². The number of aromatic amines is 1. The number of aromatic nitrogens is 4. The maximum atomic E-state index is 12.6. The molecule has 4 rings (SSSR count). The van der Waals surface area contributed by atoms with Crippen LogP contribution in [0.2, 0.25) is 5.02 Å². The Balaban J connectivity index is 1.59. The van der Waals surface area contributed by atoms with Crippen molar-refractivity contribution >= 4 is 28.8 Å². The number of nitrogens with zero attached hydrogens (tertiary/aromatic N) is 3. The Kier molecular flexibility index (Phi) is 5.69. The molecule has 0 radical (unpaired) electrons. The highest BCUT2D eigenvalue weighted by atomic mass is 35.5. The molecule has 3 aromatic heterocycles. The minimum absolute atomic E-state index is 0.00955. The van der Waals surface area contributed by atoms with Crippen molar-refractivity contribution in [2.75, 3.05) is 0 Å². The van der Waals surface area contributed by atoms with E-state index >= 15 is 0 Å². The van der Waals surface area contributed by atoms with E-state index in [2.05, 4.69) is 25.5 Å². The van der Waals surface area contributed by atoms with E-state index in [1.165, 1.54) is 17.4 Å². The van der Waals surface area contributed by atoms with E-state index in [4.69, 9.17) is 11.6 Å². The molecule has 0 aliphatic carbocycles. The van der Waals surface area contributed by atoms with E-state index in [1.807, 2.05) is 31.2 Å². The lowest BCUT2D eigenvalue weighted by Gasteiger charge is -2.06. The number of hydrogen-bond acceptors (Lipinski definition) is 6. The van der Waals surface area contributed by atoms with Crippen molar-refractivity contribution in [3.8, 4) is 21.1 Å². The van der Waals surface area contributed by atoms with E-state index < -0.39 is 11.5 Å². The Morgan fingerprint density at radius 1 is 1.23 bits per heavy atom. The van der Waals surface area contributed by atoms with Crippen LogP contribution in [-0.4, -0.2) is 26.1 Å². The molecule has 0 saturated heterocycles. The summed E-state index contributed by atoms with van der Waals surface area (Å²) in [5.41, 5.74) is 2.44. The van der Waals surface area contributed by atoms with Gasteiger partial charge in [0.05, 0.1) is 10.6 Å².